The summed E-state index contributed by atoms with van der Waals surface area (Å²) in [6.07, 6.45) is 4.32. The fourth-order valence-electron chi connectivity index (χ4n) is 4.85. The van der Waals surface area contributed by atoms with Crippen LogP contribution in [0.5, 0.6) is 0 Å². The summed E-state index contributed by atoms with van der Waals surface area (Å²) < 4.78 is 13.7. The van der Waals surface area contributed by atoms with Gasteiger partial charge in [0.05, 0.1) is 0 Å². The van der Waals surface area contributed by atoms with E-state index in [2.05, 4.69) is 59.4 Å². The van der Waals surface area contributed by atoms with Crippen molar-refractivity contribution in [3.63, 3.8) is 0 Å². The van der Waals surface area contributed by atoms with Crippen LogP contribution in [-0.4, -0.2) is 23.0 Å². The molecule has 2 heterocycles. The van der Waals surface area contributed by atoms with E-state index in [9.17, 15) is 4.39 Å². The van der Waals surface area contributed by atoms with Gasteiger partial charge >= 0.3 is 0 Å². The van der Waals surface area contributed by atoms with E-state index >= 15 is 0 Å². The average molecular weight is 372 g/mol. The largest absolute Gasteiger partial charge is 0.361 e. The van der Waals surface area contributed by atoms with Crippen LogP contribution < -0.4 is 0 Å². The summed E-state index contributed by atoms with van der Waals surface area (Å²) >= 11 is 0. The van der Waals surface area contributed by atoms with Gasteiger partial charge in [0.1, 0.15) is 5.82 Å². The Morgan fingerprint density at radius 2 is 1.82 bits per heavy atom. The summed E-state index contributed by atoms with van der Waals surface area (Å²) in [6, 6.07) is 18.2. The van der Waals surface area contributed by atoms with Gasteiger partial charge in [0.2, 0.25) is 0 Å². The molecule has 4 aromatic rings. The molecule has 0 spiro atoms. The fourth-order valence-corrected chi connectivity index (χ4v) is 4.85. The Balaban J connectivity index is 1.33. The number of fused-ring (bicyclic) bond motifs is 2. The quantitative estimate of drug-likeness (QED) is 0.457. The van der Waals surface area contributed by atoms with E-state index in [0.29, 0.717) is 5.92 Å². The molecule has 1 aromatic heterocycles. The summed E-state index contributed by atoms with van der Waals surface area (Å²) in [5.41, 5.74) is 5.08. The minimum absolute atomic E-state index is 0.155. The molecule has 142 valence electrons. The van der Waals surface area contributed by atoms with Crippen LogP contribution in [0.1, 0.15) is 35.4 Å². The fraction of sp³-hybridized carbons (Fsp3) is 0.280. The van der Waals surface area contributed by atoms with Crippen LogP contribution in [0, 0.1) is 12.7 Å². The third-order valence-corrected chi connectivity index (χ3v) is 6.30. The number of likely N-dealkylation sites (tertiary alicyclic amines) is 1. The molecule has 28 heavy (non-hydrogen) atoms. The molecule has 1 saturated heterocycles. The number of aromatic amines is 1. The average Bonchev–Trinajstić information content (AvgIpc) is 3.12. The number of hydrogen-bond acceptors (Lipinski definition) is 1. The summed E-state index contributed by atoms with van der Waals surface area (Å²) in [4.78, 5) is 5.87. The smallest absolute Gasteiger partial charge is 0.123 e. The molecule has 1 aliphatic rings. The molecule has 0 saturated carbocycles. The maximum Gasteiger partial charge on any atom is 0.123 e. The van der Waals surface area contributed by atoms with Crippen molar-refractivity contribution in [1.82, 2.24) is 9.88 Å². The zero-order valence-electron chi connectivity index (χ0n) is 16.2. The lowest BCUT2D eigenvalue weighted by Gasteiger charge is -2.32. The Hall–Kier alpha value is -2.65. The van der Waals surface area contributed by atoms with Gasteiger partial charge < -0.3 is 4.98 Å². The van der Waals surface area contributed by atoms with Gasteiger partial charge in [-0.25, -0.2) is 4.39 Å². The maximum atomic E-state index is 13.7. The molecule has 1 fully saturated rings. The summed E-state index contributed by atoms with van der Waals surface area (Å²) in [6.45, 7) is 5.36. The highest BCUT2D eigenvalue weighted by Crippen LogP contribution is 2.34. The zero-order chi connectivity index (χ0) is 19.1. The van der Waals surface area contributed by atoms with E-state index < -0.39 is 0 Å². The second kappa shape index (κ2) is 7.06. The molecule has 0 radical (unpaired) electrons. The van der Waals surface area contributed by atoms with E-state index in [1.807, 2.05) is 6.07 Å². The first-order valence-corrected chi connectivity index (χ1v) is 10.1. The molecule has 3 heteroatoms. The van der Waals surface area contributed by atoms with Crippen LogP contribution in [0.2, 0.25) is 0 Å². The number of aryl methyl sites for hydroxylation is 1. The number of nitrogens with one attached hydrogen (secondary N) is 1. The lowest BCUT2D eigenvalue weighted by molar-refractivity contribution is 0.206. The molecule has 0 unspecified atom stereocenters. The molecule has 0 aliphatic carbocycles. The molecule has 1 aliphatic heterocycles. The molecule has 3 aromatic carbocycles. The molecule has 5 rings (SSSR count). The van der Waals surface area contributed by atoms with Gasteiger partial charge in [0, 0.05) is 23.6 Å². The van der Waals surface area contributed by atoms with Gasteiger partial charge in [-0.1, -0.05) is 36.4 Å². The minimum Gasteiger partial charge on any atom is -0.361 e. The third kappa shape index (κ3) is 3.10. The van der Waals surface area contributed by atoms with Crippen molar-refractivity contribution in [2.24, 2.45) is 0 Å². The molecule has 0 bridgehead atoms. The summed E-state index contributed by atoms with van der Waals surface area (Å²) in [7, 11) is 0. The van der Waals surface area contributed by atoms with Crippen molar-refractivity contribution in [3.8, 4) is 0 Å². The topological polar surface area (TPSA) is 19.0 Å². The number of nitrogens with zero attached hydrogens (tertiary/aromatic N) is 1. The molecule has 2 nitrogen and oxygen atoms in total. The van der Waals surface area contributed by atoms with Gasteiger partial charge in [-0.05, 0) is 84.4 Å². The van der Waals surface area contributed by atoms with E-state index in [4.69, 9.17) is 0 Å². The van der Waals surface area contributed by atoms with Crippen LogP contribution in [-0.2, 0) is 6.54 Å². The number of piperidine rings is 1. The first kappa shape index (κ1) is 17.4. The Bertz CT molecular complexity index is 1130. The van der Waals surface area contributed by atoms with E-state index in [1.54, 1.807) is 6.07 Å². The zero-order valence-corrected chi connectivity index (χ0v) is 16.2. The third-order valence-electron chi connectivity index (χ3n) is 6.30. The highest BCUT2D eigenvalue weighted by molar-refractivity contribution is 5.88. The number of H-pyrrole nitrogens is 1. The Kier molecular flexibility index (Phi) is 4.40. The molecular weight excluding hydrogens is 347 g/mol. The first-order valence-electron chi connectivity index (χ1n) is 10.1. The van der Waals surface area contributed by atoms with Crippen molar-refractivity contribution in [1.29, 1.82) is 0 Å². The highest BCUT2D eigenvalue weighted by atomic mass is 19.1. The minimum atomic E-state index is -0.155. The SMILES string of the molecule is Cc1cccc2cccc(CN3CCC(c4c[nH]c5ccc(F)cc45)CC3)c12. The highest BCUT2D eigenvalue weighted by Gasteiger charge is 2.23. The Morgan fingerprint density at radius 3 is 2.64 bits per heavy atom. The van der Waals surface area contributed by atoms with Crippen LogP contribution in [0.3, 0.4) is 0 Å². The lowest BCUT2D eigenvalue weighted by Crippen LogP contribution is -2.32. The second-order valence-corrected chi connectivity index (χ2v) is 8.07. The van der Waals surface area contributed by atoms with Crippen molar-refractivity contribution >= 4 is 21.7 Å². The van der Waals surface area contributed by atoms with Crippen molar-refractivity contribution in [2.75, 3.05) is 13.1 Å². The van der Waals surface area contributed by atoms with Gasteiger partial charge in [-0.3, -0.25) is 4.90 Å². The predicted molar refractivity (Wildman–Crippen MR) is 114 cm³/mol. The molecule has 0 amide bonds. The van der Waals surface area contributed by atoms with Gasteiger partial charge in [-0.2, -0.15) is 0 Å². The number of rotatable bonds is 3. The van der Waals surface area contributed by atoms with Crippen molar-refractivity contribution in [3.05, 3.63) is 83.3 Å². The van der Waals surface area contributed by atoms with E-state index in [0.717, 1.165) is 43.4 Å². The normalized spacial score (nSPS) is 16.2. The Labute approximate surface area is 165 Å². The van der Waals surface area contributed by atoms with E-state index in [1.165, 1.54) is 33.5 Å². The standard InChI is InChI=1S/C25H25FN2/c1-17-4-2-5-19-6-3-7-20(25(17)19)16-28-12-10-18(11-13-28)23-15-27-24-9-8-21(26)14-22(23)24/h2-9,14-15,18,27H,10-13,16H2,1H3. The maximum absolute atomic E-state index is 13.7. The van der Waals surface area contributed by atoms with Crippen molar-refractivity contribution < 1.29 is 4.39 Å². The number of aromatic nitrogens is 1. The number of halogens is 1. The Morgan fingerprint density at radius 1 is 1.04 bits per heavy atom. The first-order chi connectivity index (χ1) is 13.7. The van der Waals surface area contributed by atoms with Gasteiger partial charge in [0.25, 0.3) is 0 Å². The van der Waals surface area contributed by atoms with Crippen LogP contribution >= 0.6 is 0 Å². The molecule has 0 atom stereocenters. The monoisotopic (exact) mass is 372 g/mol. The van der Waals surface area contributed by atoms with Gasteiger partial charge in [0.15, 0.2) is 0 Å². The lowest BCUT2D eigenvalue weighted by atomic mass is 9.89. The molecule has 1 N–H and O–H groups in total. The van der Waals surface area contributed by atoms with E-state index in [-0.39, 0.29) is 5.82 Å². The molecular formula is C25H25FN2. The van der Waals surface area contributed by atoms with Crippen molar-refractivity contribution in [2.45, 2.75) is 32.2 Å². The summed E-state index contributed by atoms with van der Waals surface area (Å²) in [5, 5.41) is 3.77. The van der Waals surface area contributed by atoms with Crippen LogP contribution in [0.25, 0.3) is 21.7 Å². The van der Waals surface area contributed by atoms with Crippen LogP contribution in [0.4, 0.5) is 4.39 Å². The van der Waals surface area contributed by atoms with Crippen LogP contribution in [0.15, 0.2) is 60.8 Å². The number of benzene rings is 3. The predicted octanol–water partition coefficient (Wildman–Crippen LogP) is 6.15. The summed E-state index contributed by atoms with van der Waals surface area (Å²) in [5.74, 6) is 0.346. The second-order valence-electron chi connectivity index (χ2n) is 8.07. The number of hydrogen-bond donors (Lipinski definition) is 1. The van der Waals surface area contributed by atoms with Gasteiger partial charge in [-0.15, -0.1) is 0 Å².